The SMILES string of the molecule is FC(F)(F)C1CCN(c2[c]cccc2)C1. The van der Waals surface area contributed by atoms with Gasteiger partial charge in [0.1, 0.15) is 0 Å². The normalized spacial score (nSPS) is 22.1. The number of benzene rings is 1. The molecule has 0 N–H and O–H groups in total. The molecule has 81 valence electrons. The minimum Gasteiger partial charge on any atom is -0.370 e. The van der Waals surface area contributed by atoms with Crippen LogP contribution < -0.4 is 4.90 Å². The maximum Gasteiger partial charge on any atom is 0.393 e. The number of para-hydroxylation sites is 1. The van der Waals surface area contributed by atoms with E-state index in [1.807, 2.05) is 6.07 Å². The molecule has 1 aromatic carbocycles. The van der Waals surface area contributed by atoms with E-state index in [0.717, 1.165) is 5.69 Å². The van der Waals surface area contributed by atoms with E-state index in [-0.39, 0.29) is 13.0 Å². The van der Waals surface area contributed by atoms with E-state index in [1.165, 1.54) is 0 Å². The Labute approximate surface area is 86.5 Å². The number of alkyl halides is 3. The molecule has 4 heteroatoms. The van der Waals surface area contributed by atoms with E-state index in [1.54, 1.807) is 23.1 Å². The highest BCUT2D eigenvalue weighted by molar-refractivity contribution is 5.45. The maximum absolute atomic E-state index is 12.4. The predicted molar refractivity (Wildman–Crippen MR) is 51.7 cm³/mol. The van der Waals surface area contributed by atoms with Crippen molar-refractivity contribution in [3.63, 3.8) is 0 Å². The Morgan fingerprint density at radius 2 is 2.13 bits per heavy atom. The van der Waals surface area contributed by atoms with Crippen LogP contribution in [0, 0.1) is 12.0 Å². The fourth-order valence-electron chi connectivity index (χ4n) is 1.83. The third-order valence-corrected chi connectivity index (χ3v) is 2.68. The van der Waals surface area contributed by atoms with Crippen molar-refractivity contribution in [2.24, 2.45) is 5.92 Å². The molecule has 0 saturated carbocycles. The lowest BCUT2D eigenvalue weighted by molar-refractivity contribution is -0.168. The molecule has 1 aliphatic rings. The maximum atomic E-state index is 12.4. The molecule has 1 heterocycles. The molecular weight excluding hydrogens is 203 g/mol. The zero-order valence-corrected chi connectivity index (χ0v) is 8.09. The van der Waals surface area contributed by atoms with Crippen molar-refractivity contribution in [2.45, 2.75) is 12.6 Å². The van der Waals surface area contributed by atoms with Gasteiger partial charge in [-0.25, -0.2) is 0 Å². The fourth-order valence-corrected chi connectivity index (χ4v) is 1.83. The van der Waals surface area contributed by atoms with Gasteiger partial charge in [-0.3, -0.25) is 0 Å². The molecule has 1 nitrogen and oxygen atoms in total. The van der Waals surface area contributed by atoms with E-state index in [0.29, 0.717) is 6.54 Å². The molecule has 15 heavy (non-hydrogen) atoms. The van der Waals surface area contributed by atoms with Crippen molar-refractivity contribution in [3.8, 4) is 0 Å². The Hall–Kier alpha value is -1.19. The molecule has 1 radical (unpaired) electrons. The number of hydrogen-bond donors (Lipinski definition) is 0. The molecule has 1 atom stereocenters. The number of anilines is 1. The lowest BCUT2D eigenvalue weighted by atomic mass is 10.1. The third-order valence-electron chi connectivity index (χ3n) is 2.68. The molecule has 0 spiro atoms. The van der Waals surface area contributed by atoms with Crippen LogP contribution in [0.1, 0.15) is 6.42 Å². The summed E-state index contributed by atoms with van der Waals surface area (Å²) in [5.41, 5.74) is 0.754. The van der Waals surface area contributed by atoms with Crippen molar-refractivity contribution in [1.29, 1.82) is 0 Å². The van der Waals surface area contributed by atoms with Crippen LogP contribution >= 0.6 is 0 Å². The zero-order chi connectivity index (χ0) is 10.9. The fraction of sp³-hybridized carbons (Fsp3) is 0.455. The van der Waals surface area contributed by atoms with Crippen LogP contribution in [0.4, 0.5) is 18.9 Å². The second kappa shape index (κ2) is 3.76. The van der Waals surface area contributed by atoms with Gasteiger partial charge in [-0.1, -0.05) is 18.2 Å². The summed E-state index contributed by atoms with van der Waals surface area (Å²) in [7, 11) is 0. The average molecular weight is 214 g/mol. The zero-order valence-electron chi connectivity index (χ0n) is 8.09. The summed E-state index contributed by atoms with van der Waals surface area (Å²) in [5, 5.41) is 0. The van der Waals surface area contributed by atoms with Crippen LogP contribution in [0.3, 0.4) is 0 Å². The molecule has 2 rings (SSSR count). The first-order valence-corrected chi connectivity index (χ1v) is 4.86. The first-order chi connectivity index (χ1) is 7.07. The Morgan fingerprint density at radius 3 is 2.67 bits per heavy atom. The topological polar surface area (TPSA) is 3.24 Å². The minimum absolute atomic E-state index is 0.0595. The quantitative estimate of drug-likeness (QED) is 0.694. The van der Waals surface area contributed by atoms with Crippen molar-refractivity contribution in [2.75, 3.05) is 18.0 Å². The first-order valence-electron chi connectivity index (χ1n) is 4.86. The van der Waals surface area contributed by atoms with Crippen LogP contribution in [-0.4, -0.2) is 19.3 Å². The van der Waals surface area contributed by atoms with E-state index in [2.05, 4.69) is 6.07 Å². The lowest BCUT2D eigenvalue weighted by Gasteiger charge is -2.19. The van der Waals surface area contributed by atoms with Gasteiger partial charge in [0.25, 0.3) is 0 Å². The van der Waals surface area contributed by atoms with E-state index < -0.39 is 12.1 Å². The molecule has 1 unspecified atom stereocenters. The molecule has 0 bridgehead atoms. The number of rotatable bonds is 1. The summed E-state index contributed by atoms with van der Waals surface area (Å²) in [4.78, 5) is 1.73. The first kappa shape index (κ1) is 10.3. The number of halogens is 3. The van der Waals surface area contributed by atoms with Crippen LogP contribution in [0.2, 0.25) is 0 Å². The molecule has 1 aliphatic heterocycles. The molecule has 0 amide bonds. The van der Waals surface area contributed by atoms with Crippen molar-refractivity contribution >= 4 is 5.69 Å². The van der Waals surface area contributed by atoms with Crippen molar-refractivity contribution in [1.82, 2.24) is 0 Å². The summed E-state index contributed by atoms with van der Waals surface area (Å²) >= 11 is 0. The molecular formula is C11H11F3N. The van der Waals surface area contributed by atoms with Gasteiger partial charge in [0.2, 0.25) is 0 Å². The summed E-state index contributed by atoms with van der Waals surface area (Å²) < 4.78 is 37.2. The van der Waals surface area contributed by atoms with E-state index >= 15 is 0 Å². The van der Waals surface area contributed by atoms with E-state index in [4.69, 9.17) is 0 Å². The molecule has 0 aliphatic carbocycles. The lowest BCUT2D eigenvalue weighted by Crippen LogP contribution is -2.27. The Kier molecular flexibility index (Phi) is 2.59. The highest BCUT2D eigenvalue weighted by Crippen LogP contribution is 2.35. The van der Waals surface area contributed by atoms with Gasteiger partial charge in [0.15, 0.2) is 0 Å². The van der Waals surface area contributed by atoms with Crippen LogP contribution in [0.25, 0.3) is 0 Å². The van der Waals surface area contributed by atoms with Crippen molar-refractivity contribution < 1.29 is 13.2 Å². The molecule has 0 aromatic heterocycles. The minimum atomic E-state index is -4.07. The van der Waals surface area contributed by atoms with E-state index in [9.17, 15) is 13.2 Å². The molecule has 1 saturated heterocycles. The number of hydrogen-bond acceptors (Lipinski definition) is 1. The average Bonchev–Trinajstić information content (AvgIpc) is 2.67. The molecule has 1 aromatic rings. The smallest absolute Gasteiger partial charge is 0.370 e. The summed E-state index contributed by atoms with van der Waals surface area (Å²) in [6.07, 6.45) is -3.88. The van der Waals surface area contributed by atoms with Gasteiger partial charge >= 0.3 is 6.18 Å². The summed E-state index contributed by atoms with van der Waals surface area (Å²) in [6, 6.07) is 10.1. The van der Waals surface area contributed by atoms with Crippen LogP contribution in [0.5, 0.6) is 0 Å². The van der Waals surface area contributed by atoms with Gasteiger partial charge in [0, 0.05) is 24.8 Å². The highest BCUT2D eigenvalue weighted by atomic mass is 19.4. The third kappa shape index (κ3) is 2.25. The molecule has 1 fully saturated rings. The van der Waals surface area contributed by atoms with Gasteiger partial charge in [0.05, 0.1) is 5.92 Å². The standard InChI is InChI=1S/C11H11F3N/c12-11(13,14)9-6-7-15(8-9)10-4-2-1-3-5-10/h1-4,9H,6-8H2. The second-order valence-corrected chi connectivity index (χ2v) is 3.72. The Balaban J connectivity index is 2.05. The summed E-state index contributed by atoms with van der Waals surface area (Å²) in [5.74, 6) is -1.19. The number of nitrogens with zero attached hydrogens (tertiary/aromatic N) is 1. The summed E-state index contributed by atoms with van der Waals surface area (Å²) in [6.45, 7) is 0.523. The Bertz CT molecular complexity index is 320. The monoisotopic (exact) mass is 214 g/mol. The van der Waals surface area contributed by atoms with Gasteiger partial charge in [-0.05, 0) is 12.5 Å². The van der Waals surface area contributed by atoms with Gasteiger partial charge in [-0.15, -0.1) is 0 Å². The van der Waals surface area contributed by atoms with Crippen LogP contribution in [-0.2, 0) is 0 Å². The predicted octanol–water partition coefficient (Wildman–Crippen LogP) is 2.88. The van der Waals surface area contributed by atoms with Gasteiger partial charge < -0.3 is 4.90 Å². The van der Waals surface area contributed by atoms with Gasteiger partial charge in [-0.2, -0.15) is 13.2 Å². The van der Waals surface area contributed by atoms with Crippen LogP contribution in [0.15, 0.2) is 24.3 Å². The van der Waals surface area contributed by atoms with Crippen molar-refractivity contribution in [3.05, 3.63) is 30.3 Å². The second-order valence-electron chi connectivity index (χ2n) is 3.72. The Morgan fingerprint density at radius 1 is 1.33 bits per heavy atom. The largest absolute Gasteiger partial charge is 0.393 e. The highest BCUT2D eigenvalue weighted by Gasteiger charge is 2.43.